The fourth-order valence-electron chi connectivity index (χ4n) is 3.56. The van der Waals surface area contributed by atoms with E-state index >= 15 is 0 Å². The standard InChI is InChI=1S/C22H23N3O4/c1-3-28-15-8-10-19(29-4-2)18(13-15)24-21(26)14-7-9-16-17(12-14)23-20-6-5-11-25(20)22(16)27/h7-10,12-13H,3-6,11H2,1-2H3,(H,24,26). The second-order valence-electron chi connectivity index (χ2n) is 6.80. The van der Waals surface area contributed by atoms with Crippen LogP contribution in [0.4, 0.5) is 5.69 Å². The lowest BCUT2D eigenvalue weighted by molar-refractivity contribution is 0.102. The van der Waals surface area contributed by atoms with Gasteiger partial charge in [-0.25, -0.2) is 4.98 Å². The summed E-state index contributed by atoms with van der Waals surface area (Å²) in [5.74, 6) is 1.70. The molecule has 0 aliphatic carbocycles. The van der Waals surface area contributed by atoms with Crippen molar-refractivity contribution in [3.8, 4) is 11.5 Å². The molecular formula is C22H23N3O4. The van der Waals surface area contributed by atoms with E-state index in [1.54, 1.807) is 41.0 Å². The van der Waals surface area contributed by atoms with E-state index in [-0.39, 0.29) is 11.5 Å². The summed E-state index contributed by atoms with van der Waals surface area (Å²) >= 11 is 0. The number of benzene rings is 2. The van der Waals surface area contributed by atoms with Crippen LogP contribution in [0.25, 0.3) is 10.9 Å². The highest BCUT2D eigenvalue weighted by Gasteiger charge is 2.18. The maximum atomic E-state index is 12.9. The molecule has 0 unspecified atom stereocenters. The Kier molecular flexibility index (Phi) is 5.20. The summed E-state index contributed by atoms with van der Waals surface area (Å²) in [5.41, 5.74) is 1.46. The number of aromatic nitrogens is 2. The van der Waals surface area contributed by atoms with Gasteiger partial charge in [0.15, 0.2) is 0 Å². The number of hydrogen-bond acceptors (Lipinski definition) is 5. The number of carbonyl (C=O) groups is 1. The molecule has 1 aliphatic heterocycles. The smallest absolute Gasteiger partial charge is 0.261 e. The van der Waals surface area contributed by atoms with Crippen LogP contribution >= 0.6 is 0 Å². The van der Waals surface area contributed by atoms with Gasteiger partial charge in [0.2, 0.25) is 0 Å². The summed E-state index contributed by atoms with van der Waals surface area (Å²) in [6.45, 7) is 5.49. The maximum Gasteiger partial charge on any atom is 0.261 e. The van der Waals surface area contributed by atoms with Gasteiger partial charge >= 0.3 is 0 Å². The van der Waals surface area contributed by atoms with Crippen molar-refractivity contribution in [1.29, 1.82) is 0 Å². The molecule has 7 nitrogen and oxygen atoms in total. The number of fused-ring (bicyclic) bond motifs is 2. The summed E-state index contributed by atoms with van der Waals surface area (Å²) in [6, 6.07) is 10.3. The lowest BCUT2D eigenvalue weighted by Crippen LogP contribution is -2.21. The fourth-order valence-corrected chi connectivity index (χ4v) is 3.56. The lowest BCUT2D eigenvalue weighted by atomic mass is 10.1. The molecule has 1 N–H and O–H groups in total. The zero-order chi connectivity index (χ0) is 20.4. The highest BCUT2D eigenvalue weighted by Crippen LogP contribution is 2.30. The number of amides is 1. The van der Waals surface area contributed by atoms with Gasteiger partial charge in [-0.3, -0.25) is 14.2 Å². The average Bonchev–Trinajstić information content (AvgIpc) is 3.19. The minimum absolute atomic E-state index is 0.0440. The number of nitrogens with zero attached hydrogens (tertiary/aromatic N) is 2. The number of aryl methyl sites for hydroxylation is 1. The molecule has 0 saturated heterocycles. The molecule has 0 fully saturated rings. The molecule has 0 atom stereocenters. The Morgan fingerprint density at radius 3 is 2.76 bits per heavy atom. The van der Waals surface area contributed by atoms with Crippen molar-refractivity contribution in [2.75, 3.05) is 18.5 Å². The van der Waals surface area contributed by atoms with Crippen LogP contribution in [0.2, 0.25) is 0 Å². The second kappa shape index (κ2) is 7.95. The van der Waals surface area contributed by atoms with Crippen molar-refractivity contribution in [2.24, 2.45) is 0 Å². The van der Waals surface area contributed by atoms with E-state index in [0.717, 1.165) is 18.7 Å². The van der Waals surface area contributed by atoms with Crippen molar-refractivity contribution in [3.63, 3.8) is 0 Å². The molecule has 150 valence electrons. The monoisotopic (exact) mass is 393 g/mol. The van der Waals surface area contributed by atoms with Gasteiger partial charge in [0.25, 0.3) is 11.5 Å². The van der Waals surface area contributed by atoms with E-state index in [9.17, 15) is 9.59 Å². The lowest BCUT2D eigenvalue weighted by Gasteiger charge is -2.14. The van der Waals surface area contributed by atoms with Crippen molar-refractivity contribution in [1.82, 2.24) is 9.55 Å². The molecule has 2 heterocycles. The number of hydrogen-bond donors (Lipinski definition) is 1. The zero-order valence-corrected chi connectivity index (χ0v) is 16.5. The van der Waals surface area contributed by atoms with E-state index in [1.165, 1.54) is 0 Å². The van der Waals surface area contributed by atoms with Crippen LogP contribution in [-0.4, -0.2) is 28.7 Å². The van der Waals surface area contributed by atoms with Crippen LogP contribution in [0.3, 0.4) is 0 Å². The molecule has 0 bridgehead atoms. The molecule has 29 heavy (non-hydrogen) atoms. The molecule has 2 aromatic carbocycles. The Morgan fingerprint density at radius 2 is 1.97 bits per heavy atom. The van der Waals surface area contributed by atoms with Crippen molar-refractivity contribution >= 4 is 22.5 Å². The summed E-state index contributed by atoms with van der Waals surface area (Å²) in [4.78, 5) is 30.1. The first-order chi connectivity index (χ1) is 14.1. The topological polar surface area (TPSA) is 82.5 Å². The van der Waals surface area contributed by atoms with Gasteiger partial charge in [-0.1, -0.05) is 0 Å². The first-order valence-electron chi connectivity index (χ1n) is 9.85. The molecule has 7 heteroatoms. The quantitative estimate of drug-likeness (QED) is 0.694. The zero-order valence-electron chi connectivity index (χ0n) is 16.5. The second-order valence-corrected chi connectivity index (χ2v) is 6.80. The summed E-state index contributed by atoms with van der Waals surface area (Å²) in [6.07, 6.45) is 1.70. The Morgan fingerprint density at radius 1 is 1.14 bits per heavy atom. The highest BCUT2D eigenvalue weighted by molar-refractivity contribution is 6.06. The molecule has 1 aliphatic rings. The molecule has 0 spiro atoms. The van der Waals surface area contributed by atoms with Crippen molar-refractivity contribution in [2.45, 2.75) is 33.2 Å². The Balaban J connectivity index is 1.66. The Hall–Kier alpha value is -3.35. The average molecular weight is 393 g/mol. The SMILES string of the molecule is CCOc1ccc(OCC)c(NC(=O)c2ccc3c(=O)n4c(nc3c2)CCC4)c1. The molecule has 1 aromatic heterocycles. The molecule has 4 rings (SSSR count). The largest absolute Gasteiger partial charge is 0.494 e. The molecular weight excluding hydrogens is 370 g/mol. The van der Waals surface area contributed by atoms with Crippen LogP contribution in [0.15, 0.2) is 41.2 Å². The van der Waals surface area contributed by atoms with Crippen LogP contribution in [0, 0.1) is 0 Å². The van der Waals surface area contributed by atoms with Gasteiger partial charge in [0.1, 0.15) is 17.3 Å². The van der Waals surface area contributed by atoms with E-state index in [0.29, 0.717) is 53.4 Å². The van der Waals surface area contributed by atoms with E-state index in [4.69, 9.17) is 9.47 Å². The summed E-state index contributed by atoms with van der Waals surface area (Å²) < 4.78 is 12.9. The number of anilines is 1. The first-order valence-corrected chi connectivity index (χ1v) is 9.85. The van der Waals surface area contributed by atoms with Crippen LogP contribution in [0.1, 0.15) is 36.5 Å². The van der Waals surface area contributed by atoms with Gasteiger partial charge < -0.3 is 14.8 Å². The van der Waals surface area contributed by atoms with Crippen LogP contribution in [-0.2, 0) is 13.0 Å². The number of carbonyl (C=O) groups excluding carboxylic acids is 1. The number of rotatable bonds is 6. The Labute approximate surface area is 168 Å². The number of nitrogens with one attached hydrogen (secondary N) is 1. The molecule has 0 radical (unpaired) electrons. The fraction of sp³-hybridized carbons (Fsp3) is 0.318. The third-order valence-corrected chi connectivity index (χ3v) is 4.89. The van der Waals surface area contributed by atoms with Gasteiger partial charge in [-0.15, -0.1) is 0 Å². The van der Waals surface area contributed by atoms with Gasteiger partial charge in [0, 0.05) is 24.6 Å². The first kappa shape index (κ1) is 19.0. The van der Waals surface area contributed by atoms with Gasteiger partial charge in [-0.2, -0.15) is 0 Å². The van der Waals surface area contributed by atoms with Gasteiger partial charge in [0.05, 0.1) is 29.8 Å². The number of ether oxygens (including phenoxy) is 2. The van der Waals surface area contributed by atoms with E-state index in [2.05, 4.69) is 10.3 Å². The molecule has 1 amide bonds. The predicted octanol–water partition coefficient (Wildman–Crippen LogP) is 3.39. The van der Waals surface area contributed by atoms with Crippen molar-refractivity contribution < 1.29 is 14.3 Å². The maximum absolute atomic E-state index is 12.9. The molecule has 3 aromatic rings. The minimum atomic E-state index is -0.302. The van der Waals surface area contributed by atoms with Crippen molar-refractivity contribution in [3.05, 3.63) is 58.1 Å². The third-order valence-electron chi connectivity index (χ3n) is 4.89. The molecule has 0 saturated carbocycles. The summed E-state index contributed by atoms with van der Waals surface area (Å²) in [7, 11) is 0. The van der Waals surface area contributed by atoms with E-state index < -0.39 is 0 Å². The summed E-state index contributed by atoms with van der Waals surface area (Å²) in [5, 5.41) is 3.42. The van der Waals surface area contributed by atoms with Crippen LogP contribution < -0.4 is 20.3 Å². The minimum Gasteiger partial charge on any atom is -0.494 e. The van der Waals surface area contributed by atoms with Gasteiger partial charge in [-0.05, 0) is 50.6 Å². The third kappa shape index (κ3) is 3.68. The normalized spacial score (nSPS) is 12.6. The highest BCUT2D eigenvalue weighted by atomic mass is 16.5. The predicted molar refractivity (Wildman–Crippen MR) is 111 cm³/mol. The van der Waals surface area contributed by atoms with Crippen LogP contribution in [0.5, 0.6) is 11.5 Å². The van der Waals surface area contributed by atoms with E-state index in [1.807, 2.05) is 13.8 Å². The Bertz CT molecular complexity index is 1140.